The van der Waals surface area contributed by atoms with Crippen molar-refractivity contribution in [3.8, 4) is 5.75 Å². The third-order valence-electron chi connectivity index (χ3n) is 3.71. The lowest BCUT2D eigenvalue weighted by molar-refractivity contribution is 0.0620. The molecule has 0 saturated carbocycles. The third kappa shape index (κ3) is 2.97. The number of halogens is 1. The minimum atomic E-state index is -0.488. The molecule has 3 heteroatoms. The number of rotatable bonds is 3. The molecule has 0 aromatic heterocycles. The first kappa shape index (κ1) is 13.5. The topological polar surface area (TPSA) is 29.5 Å². The highest BCUT2D eigenvalue weighted by molar-refractivity contribution is 6.30. The van der Waals surface area contributed by atoms with Crippen molar-refractivity contribution >= 4 is 11.6 Å². The average molecular weight is 289 g/mol. The number of benzene rings is 2. The molecule has 0 spiro atoms. The molecule has 0 bridgehead atoms. The van der Waals surface area contributed by atoms with Gasteiger partial charge in [-0.15, -0.1) is 0 Å². The van der Waals surface area contributed by atoms with Crippen LogP contribution >= 0.6 is 11.6 Å². The van der Waals surface area contributed by atoms with Crippen molar-refractivity contribution in [3.63, 3.8) is 0 Å². The highest BCUT2D eigenvalue weighted by atomic mass is 35.5. The van der Waals surface area contributed by atoms with Crippen LogP contribution in [0.3, 0.4) is 0 Å². The lowest BCUT2D eigenvalue weighted by atomic mass is 9.95. The third-order valence-corrected chi connectivity index (χ3v) is 3.94. The van der Waals surface area contributed by atoms with E-state index in [0.717, 1.165) is 24.2 Å². The van der Waals surface area contributed by atoms with Gasteiger partial charge < -0.3 is 9.84 Å². The SMILES string of the molecule is O[C@H]1CC(CCc2ccccc2)Oc2ccc(Cl)cc21. The molecule has 1 aliphatic rings. The Bertz CT molecular complexity index is 583. The minimum Gasteiger partial charge on any atom is -0.490 e. The maximum atomic E-state index is 10.2. The first-order valence-corrected chi connectivity index (χ1v) is 7.28. The van der Waals surface area contributed by atoms with Crippen molar-refractivity contribution in [3.05, 3.63) is 64.7 Å². The number of aliphatic hydroxyl groups excluding tert-OH is 1. The van der Waals surface area contributed by atoms with Crippen LogP contribution in [-0.2, 0) is 6.42 Å². The van der Waals surface area contributed by atoms with Crippen LogP contribution in [0.4, 0.5) is 0 Å². The van der Waals surface area contributed by atoms with Gasteiger partial charge in [-0.25, -0.2) is 0 Å². The molecule has 104 valence electrons. The van der Waals surface area contributed by atoms with Gasteiger partial charge in [-0.05, 0) is 36.6 Å². The summed E-state index contributed by atoms with van der Waals surface area (Å²) >= 11 is 5.95. The molecule has 0 amide bonds. The first-order chi connectivity index (χ1) is 9.72. The van der Waals surface area contributed by atoms with E-state index in [1.54, 1.807) is 12.1 Å². The number of aryl methyl sites for hydroxylation is 1. The van der Waals surface area contributed by atoms with Crippen molar-refractivity contribution in [2.24, 2.45) is 0 Å². The summed E-state index contributed by atoms with van der Waals surface area (Å²) in [6, 6.07) is 15.8. The second kappa shape index (κ2) is 5.86. The van der Waals surface area contributed by atoms with E-state index in [1.807, 2.05) is 24.3 Å². The summed E-state index contributed by atoms with van der Waals surface area (Å²) in [7, 11) is 0. The zero-order valence-electron chi connectivity index (χ0n) is 11.1. The molecule has 20 heavy (non-hydrogen) atoms. The zero-order chi connectivity index (χ0) is 13.9. The van der Waals surface area contributed by atoms with Crippen LogP contribution < -0.4 is 4.74 Å². The van der Waals surface area contributed by atoms with Gasteiger partial charge in [0.1, 0.15) is 11.9 Å². The highest BCUT2D eigenvalue weighted by Crippen LogP contribution is 2.37. The second-order valence-corrected chi connectivity index (χ2v) is 5.63. The van der Waals surface area contributed by atoms with E-state index in [1.165, 1.54) is 5.56 Å². The quantitative estimate of drug-likeness (QED) is 0.919. The lowest BCUT2D eigenvalue weighted by Gasteiger charge is -2.29. The molecular weight excluding hydrogens is 272 g/mol. The molecular formula is C17H17ClO2. The van der Waals surface area contributed by atoms with Gasteiger partial charge in [0, 0.05) is 17.0 Å². The van der Waals surface area contributed by atoms with Crippen molar-refractivity contribution in [1.82, 2.24) is 0 Å². The summed E-state index contributed by atoms with van der Waals surface area (Å²) in [5.74, 6) is 0.756. The normalized spacial score (nSPS) is 21.1. The predicted molar refractivity (Wildman–Crippen MR) is 80.2 cm³/mol. The Labute approximate surface area is 124 Å². The zero-order valence-corrected chi connectivity index (χ0v) is 11.9. The Morgan fingerprint density at radius 1 is 1.15 bits per heavy atom. The summed E-state index contributed by atoms with van der Waals surface area (Å²) in [5, 5.41) is 10.8. The minimum absolute atomic E-state index is 0.0545. The van der Waals surface area contributed by atoms with Crippen LogP contribution in [-0.4, -0.2) is 11.2 Å². The van der Waals surface area contributed by atoms with E-state index >= 15 is 0 Å². The number of aliphatic hydroxyl groups is 1. The average Bonchev–Trinajstić information content (AvgIpc) is 2.47. The van der Waals surface area contributed by atoms with E-state index in [2.05, 4.69) is 12.1 Å². The summed E-state index contributed by atoms with van der Waals surface area (Å²) in [6.07, 6.45) is 2.06. The van der Waals surface area contributed by atoms with E-state index < -0.39 is 6.10 Å². The fourth-order valence-electron chi connectivity index (χ4n) is 2.64. The van der Waals surface area contributed by atoms with Gasteiger partial charge in [-0.1, -0.05) is 41.9 Å². The molecule has 3 rings (SSSR count). The molecule has 0 aliphatic carbocycles. The van der Waals surface area contributed by atoms with Crippen LogP contribution in [0, 0.1) is 0 Å². The number of ether oxygens (including phenoxy) is 1. The summed E-state index contributed by atoms with van der Waals surface area (Å²) in [6.45, 7) is 0. The van der Waals surface area contributed by atoms with Gasteiger partial charge in [0.05, 0.1) is 6.10 Å². The fraction of sp³-hybridized carbons (Fsp3) is 0.294. The summed E-state index contributed by atoms with van der Waals surface area (Å²) in [4.78, 5) is 0. The Balaban J connectivity index is 1.67. The second-order valence-electron chi connectivity index (χ2n) is 5.20. The number of hydrogen-bond donors (Lipinski definition) is 1. The molecule has 0 radical (unpaired) electrons. The van der Waals surface area contributed by atoms with Gasteiger partial charge in [-0.2, -0.15) is 0 Å². The molecule has 0 fully saturated rings. The van der Waals surface area contributed by atoms with Crippen LogP contribution in [0.2, 0.25) is 5.02 Å². The Morgan fingerprint density at radius 2 is 1.95 bits per heavy atom. The molecule has 1 N–H and O–H groups in total. The number of fused-ring (bicyclic) bond motifs is 1. The van der Waals surface area contributed by atoms with Crippen LogP contribution in [0.5, 0.6) is 5.75 Å². The molecule has 2 aromatic carbocycles. The van der Waals surface area contributed by atoms with Gasteiger partial charge in [0.2, 0.25) is 0 Å². The Morgan fingerprint density at radius 3 is 2.75 bits per heavy atom. The van der Waals surface area contributed by atoms with E-state index in [4.69, 9.17) is 16.3 Å². The summed E-state index contributed by atoms with van der Waals surface area (Å²) in [5.41, 5.74) is 2.10. The van der Waals surface area contributed by atoms with Crippen molar-refractivity contribution in [2.75, 3.05) is 0 Å². The molecule has 2 aromatic rings. The van der Waals surface area contributed by atoms with Gasteiger partial charge in [0.25, 0.3) is 0 Å². The standard InChI is InChI=1S/C17H17ClO2/c18-13-7-9-17-15(10-13)16(19)11-14(20-17)8-6-12-4-2-1-3-5-12/h1-5,7,9-10,14,16,19H,6,8,11H2/t14?,16-/m0/s1. The summed E-state index contributed by atoms with van der Waals surface area (Å²) < 4.78 is 5.96. The monoisotopic (exact) mass is 288 g/mol. The van der Waals surface area contributed by atoms with Gasteiger partial charge in [-0.3, -0.25) is 0 Å². The molecule has 0 saturated heterocycles. The van der Waals surface area contributed by atoms with Gasteiger partial charge >= 0.3 is 0 Å². The van der Waals surface area contributed by atoms with E-state index in [-0.39, 0.29) is 6.10 Å². The molecule has 2 nitrogen and oxygen atoms in total. The smallest absolute Gasteiger partial charge is 0.125 e. The molecule has 1 heterocycles. The lowest BCUT2D eigenvalue weighted by Crippen LogP contribution is -2.26. The maximum Gasteiger partial charge on any atom is 0.125 e. The van der Waals surface area contributed by atoms with Crippen LogP contribution in [0.15, 0.2) is 48.5 Å². The Hall–Kier alpha value is -1.51. The Kier molecular flexibility index (Phi) is 3.95. The number of hydrogen-bond acceptors (Lipinski definition) is 2. The maximum absolute atomic E-state index is 10.2. The predicted octanol–water partition coefficient (Wildman–Crippen LogP) is 4.16. The van der Waals surface area contributed by atoms with Gasteiger partial charge in [0.15, 0.2) is 0 Å². The van der Waals surface area contributed by atoms with Crippen molar-refractivity contribution < 1.29 is 9.84 Å². The van der Waals surface area contributed by atoms with Crippen molar-refractivity contribution in [1.29, 1.82) is 0 Å². The fourth-order valence-corrected chi connectivity index (χ4v) is 2.82. The first-order valence-electron chi connectivity index (χ1n) is 6.90. The van der Waals surface area contributed by atoms with E-state index in [9.17, 15) is 5.11 Å². The molecule has 1 unspecified atom stereocenters. The van der Waals surface area contributed by atoms with Crippen LogP contribution in [0.25, 0.3) is 0 Å². The van der Waals surface area contributed by atoms with Crippen LogP contribution in [0.1, 0.15) is 30.1 Å². The highest BCUT2D eigenvalue weighted by Gasteiger charge is 2.26. The van der Waals surface area contributed by atoms with Crippen molar-refractivity contribution in [2.45, 2.75) is 31.5 Å². The van der Waals surface area contributed by atoms with E-state index in [0.29, 0.717) is 11.4 Å². The molecule has 2 atom stereocenters. The largest absolute Gasteiger partial charge is 0.490 e. The molecule has 1 aliphatic heterocycles.